The van der Waals surface area contributed by atoms with Gasteiger partial charge < -0.3 is 19.3 Å². The Morgan fingerprint density at radius 1 is 0.976 bits per heavy atom. The van der Waals surface area contributed by atoms with Gasteiger partial charge in [-0.25, -0.2) is 14.4 Å². The van der Waals surface area contributed by atoms with Crippen molar-refractivity contribution in [1.82, 2.24) is 24.3 Å². The van der Waals surface area contributed by atoms with Crippen molar-refractivity contribution in [1.29, 1.82) is 0 Å². The van der Waals surface area contributed by atoms with Crippen LogP contribution in [0.5, 0.6) is 0 Å². The quantitative estimate of drug-likeness (QED) is 0.586. The average Bonchev–Trinajstić information content (AvgIpc) is 3.27. The number of hydrogen-bond acceptors (Lipinski definition) is 7. The van der Waals surface area contributed by atoms with Crippen LogP contribution in [0.1, 0.15) is 54.0 Å². The van der Waals surface area contributed by atoms with Gasteiger partial charge in [-0.1, -0.05) is 38.5 Å². The number of anilines is 1. The van der Waals surface area contributed by atoms with Crippen LogP contribution >= 0.6 is 0 Å². The van der Waals surface area contributed by atoms with E-state index in [2.05, 4.69) is 10.3 Å². The van der Waals surface area contributed by atoms with Crippen LogP contribution < -0.4 is 11.0 Å². The van der Waals surface area contributed by atoms with Crippen molar-refractivity contribution in [3.63, 3.8) is 0 Å². The van der Waals surface area contributed by atoms with Gasteiger partial charge >= 0.3 is 17.8 Å². The number of nitrogens with one attached hydrogen (secondary N) is 1. The van der Waals surface area contributed by atoms with Crippen molar-refractivity contribution in [2.75, 3.05) is 38.1 Å². The highest BCUT2D eigenvalue weighted by Crippen LogP contribution is 2.39. The van der Waals surface area contributed by atoms with Gasteiger partial charge in [0, 0.05) is 37.8 Å². The number of nitrogens with zero attached hydrogens (tertiary/aromatic N) is 5. The van der Waals surface area contributed by atoms with Gasteiger partial charge in [-0.3, -0.25) is 19.6 Å². The zero-order valence-electron chi connectivity index (χ0n) is 25.8. The molecule has 228 valence electrons. The van der Waals surface area contributed by atoms with Crippen molar-refractivity contribution in [3.8, 4) is 5.69 Å². The van der Waals surface area contributed by atoms with Gasteiger partial charge in [0.2, 0.25) is 0 Å². The molecule has 0 saturated carbocycles. The monoisotopic (exact) mass is 582 g/mol. The molecule has 3 heterocycles. The Labute approximate surface area is 246 Å². The first-order valence-electron chi connectivity index (χ1n) is 14.2. The third-order valence-corrected chi connectivity index (χ3v) is 7.29. The number of urea groups is 1. The summed E-state index contributed by atoms with van der Waals surface area (Å²) in [6, 6.07) is 8.61. The standard InChI is InChI=1S/C30H42N6O6/c1-20-9-11-21(12-10-20)35-14-13-22(32-26(35)39)31-25(38)34-17-15-33(16-18-34)23(37)30(8)19-41-24(28(2,3)4)36(30)27(40)42-29(5,6)7/h9-14,24H,15-19H2,1-8H3,(H,31,32,38,39)/t24?,30-/m0/s1. The van der Waals surface area contributed by atoms with E-state index in [1.54, 1.807) is 49.8 Å². The summed E-state index contributed by atoms with van der Waals surface area (Å²) in [5, 5.41) is 2.68. The number of benzene rings is 1. The molecule has 2 aliphatic rings. The van der Waals surface area contributed by atoms with E-state index in [9.17, 15) is 19.2 Å². The molecule has 2 aromatic rings. The molecule has 1 unspecified atom stereocenters. The summed E-state index contributed by atoms with van der Waals surface area (Å²) >= 11 is 0. The van der Waals surface area contributed by atoms with Crippen LogP contribution in [0, 0.1) is 12.3 Å². The molecule has 1 N–H and O–H groups in total. The number of aromatic nitrogens is 2. The Bertz CT molecular complexity index is 1380. The van der Waals surface area contributed by atoms with E-state index in [-0.39, 0.29) is 44.5 Å². The third-order valence-electron chi connectivity index (χ3n) is 7.29. The van der Waals surface area contributed by atoms with Crippen LogP contribution in [-0.2, 0) is 14.3 Å². The second-order valence-electron chi connectivity index (χ2n) is 13.2. The van der Waals surface area contributed by atoms with Gasteiger partial charge in [-0.2, -0.15) is 4.98 Å². The zero-order chi connectivity index (χ0) is 31.0. The van der Waals surface area contributed by atoms with Crippen molar-refractivity contribution < 1.29 is 23.9 Å². The van der Waals surface area contributed by atoms with Gasteiger partial charge in [0.1, 0.15) is 23.2 Å². The maximum Gasteiger partial charge on any atom is 0.413 e. The van der Waals surface area contributed by atoms with Gasteiger partial charge in [0.05, 0.1) is 12.3 Å². The summed E-state index contributed by atoms with van der Waals surface area (Å²) in [7, 11) is 0. The molecule has 2 fully saturated rings. The topological polar surface area (TPSA) is 126 Å². The summed E-state index contributed by atoms with van der Waals surface area (Å²) in [5.41, 5.74) is -1.23. The zero-order valence-corrected chi connectivity index (χ0v) is 25.8. The van der Waals surface area contributed by atoms with E-state index in [1.165, 1.54) is 9.47 Å². The summed E-state index contributed by atoms with van der Waals surface area (Å²) in [6.45, 7) is 16.0. The maximum atomic E-state index is 13.9. The summed E-state index contributed by atoms with van der Waals surface area (Å²) in [4.78, 5) is 61.4. The molecule has 0 aliphatic carbocycles. The molecule has 2 aliphatic heterocycles. The van der Waals surface area contributed by atoms with E-state index in [0.29, 0.717) is 5.69 Å². The summed E-state index contributed by atoms with van der Waals surface area (Å²) < 4.78 is 13.1. The highest BCUT2D eigenvalue weighted by atomic mass is 16.6. The predicted octanol–water partition coefficient (Wildman–Crippen LogP) is 3.62. The molecule has 12 heteroatoms. The molecule has 0 spiro atoms. The van der Waals surface area contributed by atoms with E-state index in [1.807, 2.05) is 52.0 Å². The Kier molecular flexibility index (Phi) is 8.41. The smallest absolute Gasteiger partial charge is 0.413 e. The fourth-order valence-corrected chi connectivity index (χ4v) is 5.07. The van der Waals surface area contributed by atoms with Crippen LogP contribution in [0.2, 0.25) is 0 Å². The minimum Gasteiger partial charge on any atom is -0.444 e. The Morgan fingerprint density at radius 3 is 2.12 bits per heavy atom. The Morgan fingerprint density at radius 2 is 1.57 bits per heavy atom. The summed E-state index contributed by atoms with van der Waals surface area (Å²) in [6.07, 6.45) is 0.311. The number of carbonyl (C=O) groups excluding carboxylic acids is 3. The van der Waals surface area contributed by atoms with Crippen molar-refractivity contribution in [2.24, 2.45) is 5.41 Å². The number of piperazine rings is 1. The first kappa shape index (κ1) is 31.0. The first-order chi connectivity index (χ1) is 19.5. The second-order valence-corrected chi connectivity index (χ2v) is 13.2. The Hall–Kier alpha value is -3.93. The lowest BCUT2D eigenvalue weighted by Gasteiger charge is -2.43. The van der Waals surface area contributed by atoms with Crippen LogP contribution in [0.3, 0.4) is 0 Å². The van der Waals surface area contributed by atoms with Crippen LogP contribution in [0.15, 0.2) is 41.3 Å². The molecule has 12 nitrogen and oxygen atoms in total. The van der Waals surface area contributed by atoms with E-state index < -0.39 is 40.6 Å². The number of aryl methyl sites for hydroxylation is 1. The van der Waals surface area contributed by atoms with Gasteiger partial charge in [0.15, 0.2) is 0 Å². The van der Waals surface area contributed by atoms with Crippen molar-refractivity contribution in [2.45, 2.75) is 72.8 Å². The lowest BCUT2D eigenvalue weighted by atomic mass is 9.91. The minimum atomic E-state index is -1.27. The minimum absolute atomic E-state index is 0.0352. The molecule has 0 radical (unpaired) electrons. The SMILES string of the molecule is Cc1ccc(-n2ccc(NC(=O)N3CCN(C(=O)[C@]4(C)COC(C(C)(C)C)N4C(=O)OC(C)(C)C)CC3)nc2=O)cc1. The number of hydrogen-bond donors (Lipinski definition) is 1. The van der Waals surface area contributed by atoms with Gasteiger partial charge in [-0.15, -0.1) is 0 Å². The molecule has 2 saturated heterocycles. The fourth-order valence-electron chi connectivity index (χ4n) is 5.07. The van der Waals surface area contributed by atoms with Gasteiger partial charge in [-0.05, 0) is 52.8 Å². The molecule has 2 atom stereocenters. The van der Waals surface area contributed by atoms with Gasteiger partial charge in [0.25, 0.3) is 5.91 Å². The first-order valence-corrected chi connectivity index (χ1v) is 14.2. The van der Waals surface area contributed by atoms with Crippen LogP contribution in [0.4, 0.5) is 15.4 Å². The third kappa shape index (κ3) is 6.59. The van der Waals surface area contributed by atoms with Crippen molar-refractivity contribution >= 4 is 23.8 Å². The molecule has 1 aromatic heterocycles. The summed E-state index contributed by atoms with van der Waals surface area (Å²) in [5.74, 6) is -0.120. The van der Waals surface area contributed by atoms with E-state index in [0.717, 1.165) is 5.56 Å². The number of rotatable bonds is 3. The number of amides is 4. The van der Waals surface area contributed by atoms with E-state index >= 15 is 0 Å². The molecule has 1 aromatic carbocycles. The number of carbonyl (C=O) groups is 3. The lowest BCUT2D eigenvalue weighted by molar-refractivity contribution is -0.144. The normalized spacial score (nSPS) is 21.3. The molecule has 4 rings (SSSR count). The predicted molar refractivity (Wildman–Crippen MR) is 157 cm³/mol. The average molecular weight is 583 g/mol. The highest BCUT2D eigenvalue weighted by molar-refractivity contribution is 5.91. The molecule has 0 bridgehead atoms. The largest absolute Gasteiger partial charge is 0.444 e. The molecular weight excluding hydrogens is 540 g/mol. The van der Waals surface area contributed by atoms with Crippen LogP contribution in [-0.4, -0.2) is 92.4 Å². The molecular formula is C30H42N6O6. The molecule has 42 heavy (non-hydrogen) atoms. The molecule has 4 amide bonds. The maximum absolute atomic E-state index is 13.9. The van der Waals surface area contributed by atoms with Crippen LogP contribution in [0.25, 0.3) is 5.69 Å². The number of ether oxygens (including phenoxy) is 2. The lowest BCUT2D eigenvalue weighted by Crippen LogP contribution is -2.64. The van der Waals surface area contributed by atoms with Crippen molar-refractivity contribution in [3.05, 3.63) is 52.6 Å². The second kappa shape index (κ2) is 11.4. The Balaban J connectivity index is 1.41. The highest BCUT2D eigenvalue weighted by Gasteiger charge is 2.57. The fraction of sp³-hybridized carbons (Fsp3) is 0.567. The van der Waals surface area contributed by atoms with E-state index in [4.69, 9.17) is 9.47 Å².